The Morgan fingerprint density at radius 1 is 1.08 bits per heavy atom. The van der Waals surface area contributed by atoms with Crippen molar-refractivity contribution in [2.45, 2.75) is 33.6 Å². The Labute approximate surface area is 141 Å². The van der Waals surface area contributed by atoms with E-state index in [4.69, 9.17) is 0 Å². The molecular weight excluding hydrogens is 302 g/mol. The molecular formula is C20H22NO3-. The van der Waals surface area contributed by atoms with E-state index in [1.807, 2.05) is 56.3 Å². The van der Waals surface area contributed by atoms with E-state index in [2.05, 4.69) is 5.32 Å². The number of rotatable bonds is 3. The van der Waals surface area contributed by atoms with Gasteiger partial charge >= 0.3 is 0 Å². The topological polar surface area (TPSA) is 69.2 Å². The third kappa shape index (κ3) is 2.46. The SMILES string of the molecule is CC1(C)[C@H](C(=O)Nc2ccc3ccccc3c2)CC[C@]1(C)C(=O)[O-]. The summed E-state index contributed by atoms with van der Waals surface area (Å²) < 4.78 is 0. The lowest BCUT2D eigenvalue weighted by Gasteiger charge is -2.41. The summed E-state index contributed by atoms with van der Waals surface area (Å²) in [5.74, 6) is -1.55. The van der Waals surface area contributed by atoms with Crippen LogP contribution in [0.25, 0.3) is 10.8 Å². The fourth-order valence-corrected chi connectivity index (χ4v) is 3.82. The highest BCUT2D eigenvalue weighted by atomic mass is 16.4. The van der Waals surface area contributed by atoms with E-state index in [1.54, 1.807) is 6.92 Å². The standard InChI is InChI=1S/C20H23NO3/c1-19(2)16(10-11-20(19,3)18(23)24)17(22)21-15-9-8-13-6-4-5-7-14(13)12-15/h4-9,12,16H,10-11H2,1-3H3,(H,21,22)(H,23,24)/p-1/t16-,20+/m0/s1. The highest BCUT2D eigenvalue weighted by molar-refractivity contribution is 5.96. The van der Waals surface area contributed by atoms with Crippen molar-refractivity contribution in [3.63, 3.8) is 0 Å². The summed E-state index contributed by atoms with van der Waals surface area (Å²) in [5.41, 5.74) is -0.915. The predicted octanol–water partition coefficient (Wildman–Crippen LogP) is 2.97. The maximum absolute atomic E-state index is 12.8. The Kier molecular flexibility index (Phi) is 3.86. The van der Waals surface area contributed by atoms with Gasteiger partial charge in [-0.25, -0.2) is 0 Å². The van der Waals surface area contributed by atoms with Gasteiger partial charge in [0.2, 0.25) is 5.91 Å². The summed E-state index contributed by atoms with van der Waals surface area (Å²) in [4.78, 5) is 24.3. The molecule has 4 nitrogen and oxygen atoms in total. The second-order valence-corrected chi connectivity index (χ2v) is 7.48. The van der Waals surface area contributed by atoms with Crippen molar-refractivity contribution in [1.82, 2.24) is 0 Å². The van der Waals surface area contributed by atoms with Gasteiger partial charge in [0.15, 0.2) is 0 Å². The summed E-state index contributed by atoms with van der Waals surface area (Å²) in [6.45, 7) is 5.38. The largest absolute Gasteiger partial charge is 0.550 e. The van der Waals surface area contributed by atoms with Gasteiger partial charge in [0, 0.05) is 23.0 Å². The molecule has 2 aromatic carbocycles. The van der Waals surface area contributed by atoms with Crippen LogP contribution in [0.3, 0.4) is 0 Å². The van der Waals surface area contributed by atoms with Crippen LogP contribution in [0.4, 0.5) is 5.69 Å². The lowest BCUT2D eigenvalue weighted by Crippen LogP contribution is -2.49. The van der Waals surface area contributed by atoms with E-state index >= 15 is 0 Å². The van der Waals surface area contributed by atoms with Crippen LogP contribution in [0.1, 0.15) is 33.6 Å². The number of hydrogen-bond acceptors (Lipinski definition) is 3. The van der Waals surface area contributed by atoms with E-state index in [1.165, 1.54) is 0 Å². The van der Waals surface area contributed by atoms with Gasteiger partial charge in [-0.3, -0.25) is 4.79 Å². The van der Waals surface area contributed by atoms with Crippen molar-refractivity contribution in [1.29, 1.82) is 0 Å². The first-order valence-electron chi connectivity index (χ1n) is 8.27. The van der Waals surface area contributed by atoms with E-state index in [-0.39, 0.29) is 11.8 Å². The summed E-state index contributed by atoms with van der Waals surface area (Å²) in [6, 6.07) is 13.7. The maximum atomic E-state index is 12.8. The number of anilines is 1. The molecule has 1 amide bonds. The van der Waals surface area contributed by atoms with Crippen molar-refractivity contribution < 1.29 is 14.7 Å². The number of fused-ring (bicyclic) bond motifs is 1. The number of hydrogen-bond donors (Lipinski definition) is 1. The Hall–Kier alpha value is -2.36. The predicted molar refractivity (Wildman–Crippen MR) is 92.2 cm³/mol. The number of carbonyl (C=O) groups excluding carboxylic acids is 2. The summed E-state index contributed by atoms with van der Waals surface area (Å²) in [6.07, 6.45) is 1.01. The highest BCUT2D eigenvalue weighted by Crippen LogP contribution is 2.55. The molecule has 2 atom stereocenters. The molecule has 0 aromatic heterocycles. The third-order valence-electron chi connectivity index (χ3n) is 6.01. The summed E-state index contributed by atoms with van der Waals surface area (Å²) >= 11 is 0. The highest BCUT2D eigenvalue weighted by Gasteiger charge is 2.54. The minimum atomic E-state index is -1.08. The smallest absolute Gasteiger partial charge is 0.228 e. The molecule has 0 bridgehead atoms. The second-order valence-electron chi connectivity index (χ2n) is 7.48. The molecule has 0 unspecified atom stereocenters. The summed E-state index contributed by atoms with van der Waals surface area (Å²) in [5, 5.41) is 16.7. The fourth-order valence-electron chi connectivity index (χ4n) is 3.82. The first-order chi connectivity index (χ1) is 11.3. The van der Waals surface area contributed by atoms with Crippen LogP contribution in [-0.2, 0) is 9.59 Å². The van der Waals surface area contributed by atoms with Crippen molar-refractivity contribution >= 4 is 28.3 Å². The zero-order valence-electron chi connectivity index (χ0n) is 14.3. The molecule has 1 aliphatic rings. The molecule has 1 N–H and O–H groups in total. The number of nitrogens with one attached hydrogen (secondary N) is 1. The van der Waals surface area contributed by atoms with Crippen LogP contribution in [-0.4, -0.2) is 11.9 Å². The number of benzene rings is 2. The first-order valence-corrected chi connectivity index (χ1v) is 8.27. The van der Waals surface area contributed by atoms with Crippen LogP contribution in [0.15, 0.2) is 42.5 Å². The first kappa shape index (κ1) is 16.5. The van der Waals surface area contributed by atoms with Crippen molar-refractivity contribution in [2.24, 2.45) is 16.7 Å². The maximum Gasteiger partial charge on any atom is 0.228 e. The van der Waals surface area contributed by atoms with Crippen LogP contribution >= 0.6 is 0 Å². The number of carboxylic acid groups (broad SMARTS) is 1. The average Bonchev–Trinajstić information content (AvgIpc) is 2.78. The molecule has 3 rings (SSSR count). The van der Waals surface area contributed by atoms with Crippen molar-refractivity contribution in [2.75, 3.05) is 5.32 Å². The number of aliphatic carboxylic acids is 1. The normalized spacial score (nSPS) is 25.5. The molecule has 1 saturated carbocycles. The second kappa shape index (κ2) is 5.62. The minimum absolute atomic E-state index is 0.125. The molecule has 24 heavy (non-hydrogen) atoms. The molecule has 1 fully saturated rings. The fraction of sp³-hybridized carbons (Fsp3) is 0.400. The number of amides is 1. The quantitative estimate of drug-likeness (QED) is 0.943. The molecule has 2 aromatic rings. The number of carbonyl (C=O) groups is 2. The molecule has 126 valence electrons. The Morgan fingerprint density at radius 3 is 2.38 bits per heavy atom. The molecule has 0 heterocycles. The average molecular weight is 324 g/mol. The van der Waals surface area contributed by atoms with Gasteiger partial charge in [0.1, 0.15) is 0 Å². The van der Waals surface area contributed by atoms with Gasteiger partial charge in [0.25, 0.3) is 0 Å². The van der Waals surface area contributed by atoms with Crippen LogP contribution in [0.2, 0.25) is 0 Å². The molecule has 0 spiro atoms. The lowest BCUT2D eigenvalue weighted by atomic mass is 9.65. The van der Waals surface area contributed by atoms with Crippen molar-refractivity contribution in [3.05, 3.63) is 42.5 Å². The zero-order chi connectivity index (χ0) is 17.5. The Bertz CT molecular complexity index is 811. The van der Waals surface area contributed by atoms with Gasteiger partial charge in [-0.2, -0.15) is 0 Å². The molecule has 0 radical (unpaired) electrons. The molecule has 4 heteroatoms. The number of carboxylic acids is 1. The molecule has 1 aliphatic carbocycles. The lowest BCUT2D eigenvalue weighted by molar-refractivity contribution is -0.323. The van der Waals surface area contributed by atoms with Gasteiger partial charge in [-0.15, -0.1) is 0 Å². The zero-order valence-corrected chi connectivity index (χ0v) is 14.3. The van der Waals surface area contributed by atoms with Crippen LogP contribution in [0.5, 0.6) is 0 Å². The monoisotopic (exact) mass is 324 g/mol. The summed E-state index contributed by atoms with van der Waals surface area (Å²) in [7, 11) is 0. The van der Waals surface area contributed by atoms with Crippen LogP contribution < -0.4 is 10.4 Å². The van der Waals surface area contributed by atoms with Gasteiger partial charge < -0.3 is 15.2 Å². The minimum Gasteiger partial charge on any atom is -0.550 e. The van der Waals surface area contributed by atoms with Crippen LogP contribution in [0, 0.1) is 16.7 Å². The van der Waals surface area contributed by atoms with E-state index < -0.39 is 16.8 Å². The molecule has 0 saturated heterocycles. The van der Waals surface area contributed by atoms with Gasteiger partial charge in [0.05, 0.1) is 0 Å². The van der Waals surface area contributed by atoms with E-state index in [0.717, 1.165) is 16.5 Å². The third-order valence-corrected chi connectivity index (χ3v) is 6.01. The van der Waals surface area contributed by atoms with Gasteiger partial charge in [-0.05, 0) is 41.2 Å². The Balaban J connectivity index is 1.83. The van der Waals surface area contributed by atoms with Gasteiger partial charge in [-0.1, -0.05) is 51.1 Å². The van der Waals surface area contributed by atoms with E-state index in [0.29, 0.717) is 12.8 Å². The molecule has 0 aliphatic heterocycles. The van der Waals surface area contributed by atoms with Crippen molar-refractivity contribution in [3.8, 4) is 0 Å². The Morgan fingerprint density at radius 2 is 1.75 bits per heavy atom. The van der Waals surface area contributed by atoms with E-state index in [9.17, 15) is 14.7 Å².